The summed E-state index contributed by atoms with van der Waals surface area (Å²) in [5.41, 5.74) is 16.5. The highest BCUT2D eigenvalue weighted by Crippen LogP contribution is 2.48. The van der Waals surface area contributed by atoms with E-state index in [-0.39, 0.29) is 11.8 Å². The van der Waals surface area contributed by atoms with Crippen LogP contribution in [0.4, 0.5) is 28.4 Å². The SMILES string of the molecule is CC1C=Cc2c(c3cc(C4C=CC(N(c5ccccc5-c5ccccc5)c5cccc6c5oc5ccccc56)=CC4C)ccc3c3oc4cc(N(c5ccccc5)c5ccc([Si](C)(C)C)cc5)ccc4c23)C1. The fourth-order valence-corrected chi connectivity index (χ4v) is 12.8. The van der Waals surface area contributed by atoms with Crippen molar-refractivity contribution in [3.05, 3.63) is 235 Å². The van der Waals surface area contributed by atoms with E-state index in [1.165, 1.54) is 43.6 Å². The summed E-state index contributed by atoms with van der Waals surface area (Å²) in [5.74, 6) is 0.778. The van der Waals surface area contributed by atoms with E-state index in [4.69, 9.17) is 8.83 Å². The second-order valence-corrected chi connectivity index (χ2v) is 26.1. The fraction of sp³-hybridized carbons (Fsp3) is 0.134. The number of nitrogens with zero attached hydrogens (tertiary/aromatic N) is 2. The van der Waals surface area contributed by atoms with Gasteiger partial charge < -0.3 is 18.6 Å². The van der Waals surface area contributed by atoms with E-state index in [0.29, 0.717) is 5.92 Å². The number of fused-ring (bicyclic) bond motifs is 11. The molecule has 3 atom stereocenters. The molecule has 5 heteroatoms. The lowest BCUT2D eigenvalue weighted by Crippen LogP contribution is -2.37. The molecule has 0 saturated heterocycles. The summed E-state index contributed by atoms with van der Waals surface area (Å²) in [4.78, 5) is 4.76. The Balaban J connectivity index is 0.913. The number of hydrogen-bond acceptors (Lipinski definition) is 4. The van der Waals surface area contributed by atoms with Crippen molar-refractivity contribution < 1.29 is 8.83 Å². The van der Waals surface area contributed by atoms with Crippen LogP contribution in [0.1, 0.15) is 36.5 Å². The third-order valence-electron chi connectivity index (χ3n) is 15.2. The summed E-state index contributed by atoms with van der Waals surface area (Å²) in [7, 11) is -1.47. The van der Waals surface area contributed by atoms with Crippen molar-refractivity contribution in [3.63, 3.8) is 0 Å². The zero-order valence-corrected chi connectivity index (χ0v) is 42.4. The predicted octanol–water partition coefficient (Wildman–Crippen LogP) is 18.5. The van der Waals surface area contributed by atoms with E-state index < -0.39 is 8.07 Å². The minimum atomic E-state index is -1.47. The summed E-state index contributed by atoms with van der Waals surface area (Å²) >= 11 is 0. The first-order chi connectivity index (χ1) is 35.2. The monoisotopic (exact) mass is 948 g/mol. The molecule has 0 fully saturated rings. The zero-order valence-electron chi connectivity index (χ0n) is 41.4. The van der Waals surface area contributed by atoms with Crippen molar-refractivity contribution >= 4 is 102 Å². The van der Waals surface area contributed by atoms with Crippen molar-refractivity contribution in [2.45, 2.75) is 45.8 Å². The highest BCUT2D eigenvalue weighted by molar-refractivity contribution is 6.88. The van der Waals surface area contributed by atoms with Crippen molar-refractivity contribution in [2.75, 3.05) is 9.80 Å². The third kappa shape index (κ3) is 7.41. The Labute approximate surface area is 422 Å². The lowest BCUT2D eigenvalue weighted by atomic mass is 9.80. The van der Waals surface area contributed by atoms with E-state index >= 15 is 0 Å². The molecule has 0 bridgehead atoms. The Morgan fingerprint density at radius 2 is 1.17 bits per heavy atom. The molecular weight excluding hydrogens is 893 g/mol. The molecule has 0 saturated carbocycles. The molecule has 11 aromatic rings. The molecule has 3 unspecified atom stereocenters. The molecule has 72 heavy (non-hydrogen) atoms. The molecule has 13 rings (SSSR count). The molecule has 0 radical (unpaired) electrons. The summed E-state index contributed by atoms with van der Waals surface area (Å²) in [6, 6.07) is 68.2. The first kappa shape index (κ1) is 43.9. The molecule has 0 amide bonds. The van der Waals surface area contributed by atoms with E-state index in [1.807, 2.05) is 6.07 Å². The molecule has 4 nitrogen and oxygen atoms in total. The smallest absolute Gasteiger partial charge is 0.159 e. The summed E-state index contributed by atoms with van der Waals surface area (Å²) in [6.45, 7) is 11.9. The molecule has 0 aliphatic heterocycles. The van der Waals surface area contributed by atoms with Crippen molar-refractivity contribution in [1.29, 1.82) is 0 Å². The minimum Gasteiger partial charge on any atom is -0.455 e. The van der Waals surface area contributed by atoms with Crippen LogP contribution in [0.3, 0.4) is 0 Å². The van der Waals surface area contributed by atoms with Crippen LogP contribution in [0.5, 0.6) is 0 Å². The van der Waals surface area contributed by atoms with Gasteiger partial charge in [0.25, 0.3) is 0 Å². The highest BCUT2D eigenvalue weighted by Gasteiger charge is 2.29. The van der Waals surface area contributed by atoms with Gasteiger partial charge in [-0.05, 0) is 107 Å². The van der Waals surface area contributed by atoms with Gasteiger partial charge in [0.2, 0.25) is 0 Å². The van der Waals surface area contributed by atoms with Crippen molar-refractivity contribution in [2.24, 2.45) is 11.8 Å². The molecule has 0 N–H and O–H groups in total. The topological polar surface area (TPSA) is 32.8 Å². The number of para-hydroxylation sites is 4. The molecule has 2 heterocycles. The lowest BCUT2D eigenvalue weighted by molar-refractivity contribution is 0.628. The quantitative estimate of drug-likeness (QED) is 0.135. The largest absolute Gasteiger partial charge is 0.455 e. The standard InChI is InChI=1S/C67H56N2O2Si/c1-43-27-35-55-59(39-43)60-41-46(28-36-57(60)67-65(55)58-38-32-50(42-64(58)71-67)68(47-19-10-7-11-20-47)48-29-33-51(34-30-48)72(3,4)5)52-37-31-49(40-44(52)2)69(61-24-14-12-21-53(61)45-17-8-6-9-18-45)62-25-16-23-56-54-22-13-15-26-63(54)70-66(56)62/h6-38,40-44,52H,39H2,1-5H3. The number of benzene rings is 9. The second-order valence-electron chi connectivity index (χ2n) is 21.0. The summed E-state index contributed by atoms with van der Waals surface area (Å²) in [5, 5.41) is 8.48. The van der Waals surface area contributed by atoms with Crippen LogP contribution in [0, 0.1) is 11.8 Å². The molecule has 0 spiro atoms. The van der Waals surface area contributed by atoms with E-state index in [9.17, 15) is 0 Å². The van der Waals surface area contributed by atoms with Crippen LogP contribution in [0.2, 0.25) is 19.6 Å². The molecule has 350 valence electrons. The average Bonchev–Trinajstić information content (AvgIpc) is 3.99. The van der Waals surface area contributed by atoms with Gasteiger partial charge in [-0.3, -0.25) is 0 Å². The Kier molecular flexibility index (Phi) is 10.6. The van der Waals surface area contributed by atoms with Gasteiger partial charge in [0.05, 0.1) is 19.4 Å². The van der Waals surface area contributed by atoms with Crippen LogP contribution in [0.15, 0.2) is 227 Å². The van der Waals surface area contributed by atoms with Crippen LogP contribution in [0.25, 0.3) is 71.9 Å². The van der Waals surface area contributed by atoms with E-state index in [2.05, 4.69) is 256 Å². The first-order valence-electron chi connectivity index (χ1n) is 25.5. The Bertz CT molecular complexity index is 3980. The second kappa shape index (κ2) is 17.3. The third-order valence-corrected chi connectivity index (χ3v) is 17.3. The normalized spacial score (nSPS) is 16.7. The Morgan fingerprint density at radius 3 is 1.97 bits per heavy atom. The van der Waals surface area contributed by atoms with Crippen LogP contribution >= 0.6 is 0 Å². The number of furan rings is 2. The van der Waals surface area contributed by atoms with Crippen molar-refractivity contribution in [1.82, 2.24) is 0 Å². The van der Waals surface area contributed by atoms with E-state index in [1.54, 1.807) is 0 Å². The van der Waals surface area contributed by atoms with Gasteiger partial charge >= 0.3 is 0 Å². The molecular formula is C67H56N2O2Si. The Morgan fingerprint density at radius 1 is 0.500 bits per heavy atom. The lowest BCUT2D eigenvalue weighted by Gasteiger charge is -2.33. The highest BCUT2D eigenvalue weighted by atomic mass is 28.3. The van der Waals surface area contributed by atoms with Gasteiger partial charge in [-0.25, -0.2) is 0 Å². The van der Waals surface area contributed by atoms with Gasteiger partial charge in [0, 0.05) is 67.2 Å². The van der Waals surface area contributed by atoms with Gasteiger partial charge in [0.15, 0.2) is 5.58 Å². The number of rotatable bonds is 9. The molecule has 2 aliphatic rings. The molecule has 9 aromatic carbocycles. The number of allylic oxidation sites excluding steroid dienone is 4. The van der Waals surface area contributed by atoms with Gasteiger partial charge in [-0.15, -0.1) is 0 Å². The predicted molar refractivity (Wildman–Crippen MR) is 308 cm³/mol. The van der Waals surface area contributed by atoms with Gasteiger partial charge in [-0.2, -0.15) is 0 Å². The van der Waals surface area contributed by atoms with Gasteiger partial charge in [-0.1, -0.05) is 190 Å². The number of hydrogen-bond donors (Lipinski definition) is 0. The maximum atomic E-state index is 7.12. The average molecular weight is 949 g/mol. The maximum absolute atomic E-state index is 7.12. The zero-order chi connectivity index (χ0) is 48.7. The molecule has 2 aliphatic carbocycles. The number of anilines is 5. The summed E-state index contributed by atoms with van der Waals surface area (Å²) in [6.07, 6.45) is 12.9. The minimum absolute atomic E-state index is 0.163. The van der Waals surface area contributed by atoms with Crippen molar-refractivity contribution in [3.8, 4) is 11.1 Å². The maximum Gasteiger partial charge on any atom is 0.159 e. The van der Waals surface area contributed by atoms with Crippen LogP contribution in [-0.2, 0) is 6.42 Å². The Hall–Kier alpha value is -8.12. The van der Waals surface area contributed by atoms with Crippen LogP contribution < -0.4 is 15.0 Å². The fourth-order valence-electron chi connectivity index (χ4n) is 11.6. The summed E-state index contributed by atoms with van der Waals surface area (Å²) < 4.78 is 13.9. The molecule has 2 aromatic heterocycles. The van der Waals surface area contributed by atoms with Crippen LogP contribution in [-0.4, -0.2) is 8.07 Å². The van der Waals surface area contributed by atoms with Gasteiger partial charge in [0.1, 0.15) is 16.7 Å². The first-order valence-corrected chi connectivity index (χ1v) is 29.0. The van der Waals surface area contributed by atoms with E-state index in [0.717, 1.165) is 84.6 Å².